The second-order valence-corrected chi connectivity index (χ2v) is 6.17. The molecular formula is C18H22BrClN3O-. The van der Waals surface area contributed by atoms with Crippen LogP contribution in [-0.4, -0.2) is 19.1 Å². The Morgan fingerprint density at radius 1 is 1.04 bits per heavy atom. The van der Waals surface area contributed by atoms with Gasteiger partial charge in [-0.25, -0.2) is 4.79 Å². The highest BCUT2D eigenvalue weighted by atomic mass is 79.9. The molecule has 0 saturated carbocycles. The number of hydrogen-bond acceptors (Lipinski definition) is 2. The molecule has 130 valence electrons. The fourth-order valence-corrected chi connectivity index (χ4v) is 2.66. The summed E-state index contributed by atoms with van der Waals surface area (Å²) in [5.41, 5.74) is 3.78. The van der Waals surface area contributed by atoms with Crippen molar-refractivity contribution in [1.29, 1.82) is 0 Å². The lowest BCUT2D eigenvalue weighted by molar-refractivity contribution is -0.00000758. The molecule has 0 aliphatic carbocycles. The molecule has 2 rings (SSSR count). The molecule has 24 heavy (non-hydrogen) atoms. The Balaban J connectivity index is 0.00000288. The van der Waals surface area contributed by atoms with E-state index in [-0.39, 0.29) is 18.4 Å². The van der Waals surface area contributed by atoms with Crippen LogP contribution in [0.5, 0.6) is 0 Å². The third kappa shape index (κ3) is 5.42. The van der Waals surface area contributed by atoms with E-state index in [0.29, 0.717) is 0 Å². The largest absolute Gasteiger partial charge is 1.00 e. The van der Waals surface area contributed by atoms with Crippen LogP contribution in [-0.2, 0) is 0 Å². The van der Waals surface area contributed by atoms with Crippen LogP contribution in [0.1, 0.15) is 19.4 Å². The summed E-state index contributed by atoms with van der Waals surface area (Å²) in [6.45, 7) is 8.20. The van der Waals surface area contributed by atoms with Gasteiger partial charge in [0.05, 0.1) is 0 Å². The summed E-state index contributed by atoms with van der Waals surface area (Å²) in [4.78, 5) is 14.4. The van der Waals surface area contributed by atoms with E-state index in [0.717, 1.165) is 34.5 Å². The Morgan fingerprint density at radius 2 is 1.67 bits per heavy atom. The maximum atomic E-state index is 12.1. The SMILES string of the molecule is CCN(CC)c1ccc(NC(=O)Nc2ccc(Br)cc2)c(C)c1.[Cl-]. The average molecular weight is 412 g/mol. The molecule has 0 aromatic heterocycles. The van der Waals surface area contributed by atoms with Crippen LogP contribution in [0.25, 0.3) is 0 Å². The molecule has 4 nitrogen and oxygen atoms in total. The smallest absolute Gasteiger partial charge is 0.323 e. The molecule has 2 aromatic rings. The lowest BCUT2D eigenvalue weighted by Crippen LogP contribution is -3.00. The van der Waals surface area contributed by atoms with Crippen molar-refractivity contribution in [3.63, 3.8) is 0 Å². The van der Waals surface area contributed by atoms with Gasteiger partial charge < -0.3 is 27.9 Å². The fraction of sp³-hybridized carbons (Fsp3) is 0.278. The number of amides is 2. The Hall–Kier alpha value is -1.72. The van der Waals surface area contributed by atoms with Gasteiger partial charge in [0.15, 0.2) is 0 Å². The summed E-state index contributed by atoms with van der Waals surface area (Å²) < 4.78 is 0.978. The van der Waals surface area contributed by atoms with Gasteiger partial charge in [0.1, 0.15) is 0 Å². The minimum absolute atomic E-state index is 0. The highest BCUT2D eigenvalue weighted by molar-refractivity contribution is 9.10. The van der Waals surface area contributed by atoms with Gasteiger partial charge in [-0.15, -0.1) is 0 Å². The Labute approximate surface area is 158 Å². The van der Waals surface area contributed by atoms with Crippen LogP contribution in [0.15, 0.2) is 46.9 Å². The summed E-state index contributed by atoms with van der Waals surface area (Å²) in [6, 6.07) is 13.3. The van der Waals surface area contributed by atoms with Gasteiger partial charge in [-0.2, -0.15) is 0 Å². The van der Waals surface area contributed by atoms with Crippen molar-refractivity contribution in [2.24, 2.45) is 0 Å². The van der Waals surface area contributed by atoms with Crippen molar-refractivity contribution < 1.29 is 17.2 Å². The average Bonchev–Trinajstić information content (AvgIpc) is 2.53. The van der Waals surface area contributed by atoms with Crippen LogP contribution in [0.2, 0.25) is 0 Å². The minimum atomic E-state index is -0.244. The number of benzene rings is 2. The van der Waals surface area contributed by atoms with Crippen LogP contribution >= 0.6 is 15.9 Å². The molecule has 0 unspecified atom stereocenters. The van der Waals surface area contributed by atoms with Gasteiger partial charge in [-0.1, -0.05) is 15.9 Å². The van der Waals surface area contributed by atoms with Gasteiger partial charge in [-0.3, -0.25) is 0 Å². The molecule has 2 N–H and O–H groups in total. The van der Waals surface area contributed by atoms with Gasteiger partial charge in [0, 0.05) is 34.6 Å². The summed E-state index contributed by atoms with van der Waals surface area (Å²) in [7, 11) is 0. The number of nitrogens with one attached hydrogen (secondary N) is 2. The van der Waals surface area contributed by atoms with Crippen LogP contribution in [0.3, 0.4) is 0 Å². The quantitative estimate of drug-likeness (QED) is 0.792. The van der Waals surface area contributed by atoms with Crippen molar-refractivity contribution in [3.8, 4) is 0 Å². The van der Waals surface area contributed by atoms with E-state index >= 15 is 0 Å². The van der Waals surface area contributed by atoms with Crippen molar-refractivity contribution in [1.82, 2.24) is 0 Å². The fourth-order valence-electron chi connectivity index (χ4n) is 2.39. The van der Waals surface area contributed by atoms with Gasteiger partial charge >= 0.3 is 6.03 Å². The Morgan fingerprint density at radius 3 is 2.21 bits per heavy atom. The molecule has 2 aromatic carbocycles. The van der Waals surface area contributed by atoms with E-state index < -0.39 is 0 Å². The molecule has 0 bridgehead atoms. The zero-order valence-electron chi connectivity index (χ0n) is 14.1. The summed E-state index contributed by atoms with van der Waals surface area (Å²) >= 11 is 3.37. The van der Waals surface area contributed by atoms with Gasteiger partial charge in [0.2, 0.25) is 0 Å². The first-order chi connectivity index (χ1) is 11.0. The number of halogens is 2. The Kier molecular flexibility index (Phi) is 8.08. The number of anilines is 3. The Bertz CT molecular complexity index is 672. The highest BCUT2D eigenvalue weighted by Gasteiger charge is 2.08. The van der Waals surface area contributed by atoms with Crippen LogP contribution in [0, 0.1) is 6.92 Å². The molecule has 0 saturated heterocycles. The van der Waals surface area contributed by atoms with Gasteiger partial charge in [-0.05, 0) is 68.8 Å². The molecule has 2 amide bonds. The van der Waals surface area contributed by atoms with Crippen LogP contribution < -0.4 is 27.9 Å². The lowest BCUT2D eigenvalue weighted by Gasteiger charge is -2.22. The number of carbonyl (C=O) groups excluding carboxylic acids is 1. The van der Waals surface area contributed by atoms with E-state index in [1.807, 2.05) is 43.3 Å². The molecule has 0 atom stereocenters. The van der Waals surface area contributed by atoms with E-state index in [1.165, 1.54) is 5.69 Å². The van der Waals surface area contributed by atoms with E-state index in [2.05, 4.69) is 51.4 Å². The topological polar surface area (TPSA) is 44.4 Å². The molecule has 6 heteroatoms. The normalized spacial score (nSPS) is 9.83. The minimum Gasteiger partial charge on any atom is -1.00 e. The van der Waals surface area contributed by atoms with E-state index in [4.69, 9.17) is 0 Å². The number of carbonyl (C=O) groups is 1. The van der Waals surface area contributed by atoms with Crippen molar-refractivity contribution in [3.05, 3.63) is 52.5 Å². The van der Waals surface area contributed by atoms with Crippen LogP contribution in [0.4, 0.5) is 21.9 Å². The van der Waals surface area contributed by atoms with Gasteiger partial charge in [0.25, 0.3) is 0 Å². The summed E-state index contributed by atoms with van der Waals surface area (Å²) in [5.74, 6) is 0. The molecule has 0 radical (unpaired) electrons. The number of nitrogens with zero attached hydrogens (tertiary/aromatic N) is 1. The zero-order chi connectivity index (χ0) is 16.8. The molecule has 0 aliphatic rings. The maximum absolute atomic E-state index is 12.1. The number of rotatable bonds is 5. The monoisotopic (exact) mass is 410 g/mol. The number of aryl methyl sites for hydroxylation is 1. The molecule has 0 spiro atoms. The van der Waals surface area contributed by atoms with E-state index in [1.54, 1.807) is 0 Å². The third-order valence-electron chi connectivity index (χ3n) is 3.69. The molecule has 0 aliphatic heterocycles. The summed E-state index contributed by atoms with van der Waals surface area (Å²) in [5, 5.41) is 5.72. The molecular weight excluding hydrogens is 390 g/mol. The first-order valence-electron chi connectivity index (χ1n) is 7.72. The zero-order valence-corrected chi connectivity index (χ0v) is 16.4. The predicted molar refractivity (Wildman–Crippen MR) is 102 cm³/mol. The first-order valence-corrected chi connectivity index (χ1v) is 8.52. The molecule has 0 fully saturated rings. The van der Waals surface area contributed by atoms with E-state index in [9.17, 15) is 4.79 Å². The van der Waals surface area contributed by atoms with Crippen molar-refractivity contribution in [2.45, 2.75) is 20.8 Å². The predicted octanol–water partition coefficient (Wildman–Crippen LogP) is 2.25. The third-order valence-corrected chi connectivity index (χ3v) is 4.22. The summed E-state index contributed by atoms with van der Waals surface area (Å²) in [6.07, 6.45) is 0. The first kappa shape index (κ1) is 20.3. The number of hydrogen-bond donors (Lipinski definition) is 2. The second-order valence-electron chi connectivity index (χ2n) is 5.26. The highest BCUT2D eigenvalue weighted by Crippen LogP contribution is 2.23. The van der Waals surface area contributed by atoms with Crippen molar-refractivity contribution in [2.75, 3.05) is 28.6 Å². The number of urea groups is 1. The lowest BCUT2D eigenvalue weighted by atomic mass is 10.1. The second kappa shape index (κ2) is 9.55. The standard InChI is InChI=1S/C18H22BrN3O.ClH/c1-4-22(5-2)16-10-11-17(13(3)12-16)21-18(23)20-15-8-6-14(19)7-9-15;/h6-12H,4-5H2,1-3H3,(H2,20,21,23);1H/p-1. The maximum Gasteiger partial charge on any atom is 0.323 e. The van der Waals surface area contributed by atoms with Crippen molar-refractivity contribution >= 4 is 39.0 Å². The molecule has 0 heterocycles.